The number of amides is 1. The fourth-order valence-corrected chi connectivity index (χ4v) is 6.03. The third-order valence-electron chi connectivity index (χ3n) is 8.16. The molecule has 2 heterocycles. The smallest absolute Gasteiger partial charge is 0.272 e. The highest BCUT2D eigenvalue weighted by Gasteiger charge is 2.33. The molecule has 5 rings (SSSR count). The first kappa shape index (κ1) is 32.2. The summed E-state index contributed by atoms with van der Waals surface area (Å²) in [4.78, 5) is 14.6. The number of aliphatic hydroxyl groups is 1. The number of likely N-dealkylation sites (tertiary alicyclic amines) is 1. The van der Waals surface area contributed by atoms with Crippen molar-refractivity contribution in [3.63, 3.8) is 0 Å². The molecule has 0 radical (unpaired) electrons. The number of benzene rings is 3. The maximum atomic E-state index is 12.0. The molecule has 0 spiro atoms. The summed E-state index contributed by atoms with van der Waals surface area (Å²) in [6.07, 6.45) is 6.52. The second-order valence-corrected chi connectivity index (χ2v) is 13.7. The zero-order valence-corrected chi connectivity index (χ0v) is 26.5. The van der Waals surface area contributed by atoms with Crippen LogP contribution in [-0.4, -0.2) is 45.4 Å². The van der Waals surface area contributed by atoms with E-state index >= 15 is 0 Å². The second kappa shape index (κ2) is 15.2. The van der Waals surface area contributed by atoms with Gasteiger partial charge in [-0.15, -0.1) is 0 Å². The molecule has 2 saturated heterocycles. The molecule has 0 unspecified atom stereocenters. The summed E-state index contributed by atoms with van der Waals surface area (Å²) < 4.78 is 11.3. The lowest BCUT2D eigenvalue weighted by atomic mass is 9.98. The maximum Gasteiger partial charge on any atom is 0.272 e. The molecule has 230 valence electrons. The summed E-state index contributed by atoms with van der Waals surface area (Å²) in [5.41, 5.74) is 5.80. The fraction of sp³-hybridized carbons (Fsp3) is 0.441. The zero-order chi connectivity index (χ0) is 30.2. The van der Waals surface area contributed by atoms with E-state index in [2.05, 4.69) is 28.4 Å². The molecule has 6 nitrogen and oxygen atoms in total. The Morgan fingerprint density at radius 1 is 0.837 bits per heavy atom. The van der Waals surface area contributed by atoms with Crippen LogP contribution in [0.1, 0.15) is 73.2 Å². The molecular weight excluding hydrogens is 607 g/mol. The van der Waals surface area contributed by atoms with Gasteiger partial charge in [-0.05, 0) is 65.9 Å². The average Bonchev–Trinajstić information content (AvgIpc) is 3.01. The Balaban J connectivity index is 1.35. The van der Waals surface area contributed by atoms with Crippen molar-refractivity contribution in [3.05, 3.63) is 95.1 Å². The summed E-state index contributed by atoms with van der Waals surface area (Å²) in [6.45, 7) is 3.35. The van der Waals surface area contributed by atoms with Crippen molar-refractivity contribution < 1.29 is 19.4 Å². The van der Waals surface area contributed by atoms with E-state index in [0.717, 1.165) is 59.4 Å². The lowest BCUT2D eigenvalue weighted by Gasteiger charge is -2.39. The first-order chi connectivity index (χ1) is 20.8. The minimum Gasteiger partial charge on any atom is -0.392 e. The van der Waals surface area contributed by atoms with Gasteiger partial charge in [0.15, 0.2) is 6.29 Å². The molecule has 0 aliphatic carbocycles. The van der Waals surface area contributed by atoms with E-state index < -0.39 is 16.0 Å². The number of ether oxygens (including phenoxy) is 2. The Bertz CT molecular complexity index is 1340. The summed E-state index contributed by atoms with van der Waals surface area (Å²) in [7, 11) is 0. The van der Waals surface area contributed by atoms with Crippen molar-refractivity contribution >= 4 is 40.7 Å². The van der Waals surface area contributed by atoms with Crippen molar-refractivity contribution in [2.24, 2.45) is 0 Å². The summed E-state index contributed by atoms with van der Waals surface area (Å²) in [6, 6.07) is 24.1. The lowest BCUT2D eigenvalue weighted by Crippen LogP contribution is -2.40. The Morgan fingerprint density at radius 3 is 2.21 bits per heavy atom. The van der Waals surface area contributed by atoms with E-state index in [9.17, 15) is 9.90 Å². The minimum absolute atomic E-state index is 0.0163. The van der Waals surface area contributed by atoms with E-state index in [4.69, 9.17) is 44.3 Å². The minimum atomic E-state index is -2.00. The molecule has 0 bridgehead atoms. The predicted molar refractivity (Wildman–Crippen MR) is 172 cm³/mol. The third-order valence-corrected chi connectivity index (χ3v) is 8.67. The number of aliphatic hydroxyl groups excluding tert-OH is 1. The van der Waals surface area contributed by atoms with Gasteiger partial charge in [0.05, 0.1) is 18.8 Å². The molecule has 2 N–H and O–H groups in total. The van der Waals surface area contributed by atoms with E-state index in [1.54, 1.807) is 0 Å². The van der Waals surface area contributed by atoms with E-state index in [1.807, 2.05) is 54.6 Å². The van der Waals surface area contributed by atoms with Crippen LogP contribution in [0, 0.1) is 0 Å². The fourth-order valence-electron chi connectivity index (χ4n) is 5.82. The maximum absolute atomic E-state index is 12.0. The summed E-state index contributed by atoms with van der Waals surface area (Å²) >= 11 is 17.1. The number of rotatable bonds is 8. The molecule has 2 aliphatic rings. The van der Waals surface area contributed by atoms with Crippen LogP contribution in [0.4, 0.5) is 0 Å². The first-order valence-corrected chi connectivity index (χ1v) is 16.2. The van der Waals surface area contributed by atoms with Gasteiger partial charge in [-0.3, -0.25) is 4.79 Å². The Kier molecular flexibility index (Phi) is 11.4. The van der Waals surface area contributed by atoms with Gasteiger partial charge in [0, 0.05) is 25.1 Å². The largest absolute Gasteiger partial charge is 0.392 e. The predicted octanol–water partition coefficient (Wildman–Crippen LogP) is 7.64. The number of hydrogen-bond donors (Lipinski definition) is 2. The Labute approximate surface area is 269 Å². The molecule has 2 aliphatic heterocycles. The molecule has 0 saturated carbocycles. The Morgan fingerprint density at radius 2 is 1.51 bits per heavy atom. The topological polar surface area (TPSA) is 71.0 Å². The SMILES string of the molecule is O=C(NCc1cccc(-c2cccc([C@@H]3O[C@H](CN4CCCCCCC4)C[C@H](c4ccc(CO)cc4)O3)c2)c1)C(Cl)(Cl)Cl. The standard InChI is InChI=1S/C34H39Cl3N2O4/c35-34(36,37)33(41)38-21-25-8-6-9-27(18-25)28-10-7-11-29(19-28)32-42-30(22-39-16-4-2-1-3-5-17-39)20-31(43-32)26-14-12-24(23-40)13-15-26/h6-15,18-19,30-32,40H,1-5,16-17,20-23H2,(H,38,41)/t30-,31+,32+/m0/s1. The molecule has 2 fully saturated rings. The molecular formula is C34H39Cl3N2O4. The van der Waals surface area contributed by atoms with Gasteiger partial charge in [0.2, 0.25) is 0 Å². The van der Waals surface area contributed by atoms with Gasteiger partial charge in [0.25, 0.3) is 9.70 Å². The highest BCUT2D eigenvalue weighted by atomic mass is 35.6. The number of alkyl halides is 3. The van der Waals surface area contributed by atoms with Gasteiger partial charge in [-0.1, -0.05) is 115 Å². The van der Waals surface area contributed by atoms with Gasteiger partial charge in [-0.2, -0.15) is 0 Å². The summed E-state index contributed by atoms with van der Waals surface area (Å²) in [5.74, 6) is -0.665. The van der Waals surface area contributed by atoms with Crippen molar-refractivity contribution in [3.8, 4) is 11.1 Å². The number of carbonyl (C=O) groups is 1. The van der Waals surface area contributed by atoms with Crippen molar-refractivity contribution in [2.75, 3.05) is 19.6 Å². The highest BCUT2D eigenvalue weighted by Crippen LogP contribution is 2.39. The molecule has 3 aromatic rings. The van der Waals surface area contributed by atoms with Crippen LogP contribution in [0.25, 0.3) is 11.1 Å². The molecule has 43 heavy (non-hydrogen) atoms. The number of nitrogens with zero attached hydrogens (tertiary/aromatic N) is 1. The molecule has 3 aromatic carbocycles. The highest BCUT2D eigenvalue weighted by molar-refractivity contribution is 6.76. The van der Waals surface area contributed by atoms with Crippen LogP contribution >= 0.6 is 34.8 Å². The first-order valence-electron chi connectivity index (χ1n) is 15.1. The number of halogens is 3. The van der Waals surface area contributed by atoms with E-state index in [0.29, 0.717) is 0 Å². The lowest BCUT2D eigenvalue weighted by molar-refractivity contribution is -0.253. The second-order valence-electron chi connectivity index (χ2n) is 11.4. The van der Waals surface area contributed by atoms with Gasteiger partial charge >= 0.3 is 0 Å². The van der Waals surface area contributed by atoms with Gasteiger partial charge in [-0.25, -0.2) is 0 Å². The third kappa shape index (κ3) is 9.18. The normalized spacial score (nSPS) is 22.0. The van der Waals surface area contributed by atoms with Crippen LogP contribution < -0.4 is 5.32 Å². The van der Waals surface area contributed by atoms with Crippen molar-refractivity contribution in [2.45, 2.75) is 74.0 Å². The van der Waals surface area contributed by atoms with Crippen molar-refractivity contribution in [1.29, 1.82) is 0 Å². The zero-order valence-electron chi connectivity index (χ0n) is 24.2. The molecule has 1 amide bonds. The molecule has 0 aromatic heterocycles. The number of nitrogens with one attached hydrogen (secondary N) is 1. The van der Waals surface area contributed by atoms with Crippen molar-refractivity contribution in [1.82, 2.24) is 10.2 Å². The van der Waals surface area contributed by atoms with E-state index in [1.165, 1.54) is 32.1 Å². The van der Waals surface area contributed by atoms with Crippen LogP contribution in [0.3, 0.4) is 0 Å². The monoisotopic (exact) mass is 644 g/mol. The average molecular weight is 646 g/mol. The van der Waals surface area contributed by atoms with Crippen LogP contribution in [0.15, 0.2) is 72.8 Å². The van der Waals surface area contributed by atoms with Gasteiger partial charge < -0.3 is 24.8 Å². The van der Waals surface area contributed by atoms with Gasteiger partial charge in [0.1, 0.15) is 0 Å². The van der Waals surface area contributed by atoms with Crippen LogP contribution in [0.5, 0.6) is 0 Å². The quantitative estimate of drug-likeness (QED) is 0.247. The molecule has 3 atom stereocenters. The van der Waals surface area contributed by atoms with Crippen LogP contribution in [0.2, 0.25) is 0 Å². The summed E-state index contributed by atoms with van der Waals surface area (Å²) in [5, 5.41) is 12.2. The Hall–Kier alpha value is -2.16. The van der Waals surface area contributed by atoms with E-state index in [-0.39, 0.29) is 25.4 Å². The number of carbonyl (C=O) groups excluding carboxylic acids is 1. The van der Waals surface area contributed by atoms with Crippen LogP contribution in [-0.2, 0) is 27.4 Å². The molecule has 9 heteroatoms. The number of hydrogen-bond acceptors (Lipinski definition) is 5.